The first-order valence-electron chi connectivity index (χ1n) is 6.16. The van der Waals surface area contributed by atoms with Crippen LogP contribution >= 0.6 is 0 Å². The van der Waals surface area contributed by atoms with Crippen LogP contribution in [0.25, 0.3) is 0 Å². The Morgan fingerprint density at radius 1 is 1.26 bits per heavy atom. The highest BCUT2D eigenvalue weighted by Crippen LogP contribution is 2.22. The van der Waals surface area contributed by atoms with Crippen LogP contribution < -0.4 is 10.6 Å². The molecule has 19 heavy (non-hydrogen) atoms. The summed E-state index contributed by atoms with van der Waals surface area (Å²) in [7, 11) is 0. The number of rotatable bonds is 5. The Hall–Kier alpha value is -2.24. The number of phenols is 2. The molecule has 1 fully saturated rings. The Morgan fingerprint density at radius 3 is 2.63 bits per heavy atom. The van der Waals surface area contributed by atoms with E-state index in [-0.39, 0.29) is 35.9 Å². The lowest BCUT2D eigenvalue weighted by atomic mass is 10.2. The van der Waals surface area contributed by atoms with Crippen LogP contribution in [0.1, 0.15) is 29.6 Å². The van der Waals surface area contributed by atoms with E-state index in [4.69, 9.17) is 5.11 Å². The maximum atomic E-state index is 11.7. The number of amides is 2. The van der Waals surface area contributed by atoms with Gasteiger partial charge >= 0.3 is 0 Å². The van der Waals surface area contributed by atoms with Gasteiger partial charge in [-0.05, 0) is 25.0 Å². The molecule has 0 aromatic heterocycles. The Morgan fingerprint density at radius 2 is 2.00 bits per heavy atom. The minimum absolute atomic E-state index is 0.0698. The molecule has 2 rings (SSSR count). The number of hydrogen-bond donors (Lipinski definition) is 4. The maximum absolute atomic E-state index is 11.7. The summed E-state index contributed by atoms with van der Waals surface area (Å²) in [6.45, 7) is 0.206. The van der Waals surface area contributed by atoms with Gasteiger partial charge in [0.15, 0.2) is 0 Å². The summed E-state index contributed by atoms with van der Waals surface area (Å²) >= 11 is 0. The third kappa shape index (κ3) is 3.87. The molecule has 1 aromatic carbocycles. The standard InChI is InChI=1S/C13H16N2O4/c16-9-3-4-10(11(17)7-9)13(19)14-6-5-12(18)15-8-1-2-8/h3-4,7-8,16-17H,1-2,5-6H2,(H,14,19)(H,15,18). The Bertz CT molecular complexity index is 497. The fourth-order valence-corrected chi connectivity index (χ4v) is 1.62. The fraction of sp³-hybridized carbons (Fsp3) is 0.385. The highest BCUT2D eigenvalue weighted by Gasteiger charge is 2.22. The van der Waals surface area contributed by atoms with Gasteiger partial charge in [0, 0.05) is 25.1 Å². The van der Waals surface area contributed by atoms with E-state index in [9.17, 15) is 14.7 Å². The van der Waals surface area contributed by atoms with Crippen molar-refractivity contribution in [1.29, 1.82) is 0 Å². The van der Waals surface area contributed by atoms with Crippen molar-refractivity contribution in [1.82, 2.24) is 10.6 Å². The highest BCUT2D eigenvalue weighted by atomic mass is 16.3. The number of phenolic OH excluding ortho intramolecular Hbond substituents is 2. The molecule has 1 saturated carbocycles. The van der Waals surface area contributed by atoms with Crippen molar-refractivity contribution in [2.45, 2.75) is 25.3 Å². The second-order valence-corrected chi connectivity index (χ2v) is 4.55. The zero-order chi connectivity index (χ0) is 13.8. The van der Waals surface area contributed by atoms with Gasteiger partial charge in [0.05, 0.1) is 5.56 Å². The molecule has 0 atom stereocenters. The third-order valence-corrected chi connectivity index (χ3v) is 2.81. The average Bonchev–Trinajstić information content (AvgIpc) is 3.12. The first-order chi connectivity index (χ1) is 9.06. The molecule has 102 valence electrons. The van der Waals surface area contributed by atoms with E-state index >= 15 is 0 Å². The normalized spacial score (nSPS) is 13.9. The second kappa shape index (κ2) is 5.60. The van der Waals surface area contributed by atoms with Crippen LogP contribution in [0.4, 0.5) is 0 Å². The van der Waals surface area contributed by atoms with Gasteiger partial charge in [0.2, 0.25) is 5.91 Å². The van der Waals surface area contributed by atoms with E-state index in [2.05, 4.69) is 10.6 Å². The van der Waals surface area contributed by atoms with Crippen molar-refractivity contribution in [3.05, 3.63) is 23.8 Å². The van der Waals surface area contributed by atoms with Gasteiger partial charge in [-0.3, -0.25) is 9.59 Å². The molecule has 1 aliphatic carbocycles. The monoisotopic (exact) mass is 264 g/mol. The minimum Gasteiger partial charge on any atom is -0.508 e. The first kappa shape index (κ1) is 13.2. The van der Waals surface area contributed by atoms with Crippen LogP contribution in [-0.4, -0.2) is 34.6 Å². The molecule has 4 N–H and O–H groups in total. The topological polar surface area (TPSA) is 98.7 Å². The van der Waals surface area contributed by atoms with Crippen molar-refractivity contribution < 1.29 is 19.8 Å². The van der Waals surface area contributed by atoms with E-state index in [1.165, 1.54) is 12.1 Å². The van der Waals surface area contributed by atoms with Gasteiger partial charge < -0.3 is 20.8 Å². The van der Waals surface area contributed by atoms with Crippen molar-refractivity contribution in [2.24, 2.45) is 0 Å². The van der Waals surface area contributed by atoms with Crippen LogP contribution in [0, 0.1) is 0 Å². The largest absolute Gasteiger partial charge is 0.508 e. The fourth-order valence-electron chi connectivity index (χ4n) is 1.62. The summed E-state index contributed by atoms with van der Waals surface area (Å²) in [6.07, 6.45) is 2.26. The van der Waals surface area contributed by atoms with Crippen LogP contribution in [0.15, 0.2) is 18.2 Å². The molecule has 6 heteroatoms. The molecule has 0 saturated heterocycles. The molecule has 1 aliphatic rings. The van der Waals surface area contributed by atoms with Gasteiger partial charge in [-0.1, -0.05) is 0 Å². The maximum Gasteiger partial charge on any atom is 0.255 e. The van der Waals surface area contributed by atoms with Crippen molar-refractivity contribution in [2.75, 3.05) is 6.54 Å². The molecule has 0 bridgehead atoms. The molecule has 0 spiro atoms. The second-order valence-electron chi connectivity index (χ2n) is 4.55. The lowest BCUT2D eigenvalue weighted by molar-refractivity contribution is -0.121. The van der Waals surface area contributed by atoms with E-state index < -0.39 is 5.91 Å². The number of carbonyl (C=O) groups excluding carboxylic acids is 2. The molecule has 6 nitrogen and oxygen atoms in total. The lowest BCUT2D eigenvalue weighted by Crippen LogP contribution is -2.31. The molecule has 0 heterocycles. The molecular formula is C13H16N2O4. The van der Waals surface area contributed by atoms with Crippen molar-refractivity contribution >= 4 is 11.8 Å². The smallest absolute Gasteiger partial charge is 0.255 e. The predicted molar refractivity (Wildman–Crippen MR) is 67.9 cm³/mol. The zero-order valence-electron chi connectivity index (χ0n) is 10.3. The number of aromatic hydroxyl groups is 2. The molecular weight excluding hydrogens is 248 g/mol. The molecule has 0 aliphatic heterocycles. The van der Waals surface area contributed by atoms with Crippen LogP contribution in [0.3, 0.4) is 0 Å². The van der Waals surface area contributed by atoms with Crippen molar-refractivity contribution in [3.8, 4) is 11.5 Å². The number of benzene rings is 1. The van der Waals surface area contributed by atoms with Crippen LogP contribution in [-0.2, 0) is 4.79 Å². The minimum atomic E-state index is -0.475. The summed E-state index contributed by atoms with van der Waals surface area (Å²) in [6, 6.07) is 4.04. The van der Waals surface area contributed by atoms with E-state index in [1.807, 2.05) is 0 Å². The summed E-state index contributed by atoms with van der Waals surface area (Å²) in [4.78, 5) is 23.1. The van der Waals surface area contributed by atoms with Gasteiger partial charge in [-0.15, -0.1) is 0 Å². The Labute approximate surface area is 110 Å². The molecule has 1 aromatic rings. The summed E-state index contributed by atoms with van der Waals surface area (Å²) in [5, 5.41) is 24.0. The molecule has 0 unspecified atom stereocenters. The third-order valence-electron chi connectivity index (χ3n) is 2.81. The van der Waals surface area contributed by atoms with Crippen molar-refractivity contribution in [3.63, 3.8) is 0 Å². The van der Waals surface area contributed by atoms with Crippen LogP contribution in [0.2, 0.25) is 0 Å². The Kier molecular flexibility index (Phi) is 3.89. The van der Waals surface area contributed by atoms with Gasteiger partial charge in [0.25, 0.3) is 5.91 Å². The molecule has 0 radical (unpaired) electrons. The number of carbonyl (C=O) groups is 2. The van der Waals surface area contributed by atoms with Gasteiger partial charge in [-0.2, -0.15) is 0 Å². The van der Waals surface area contributed by atoms with Crippen LogP contribution in [0.5, 0.6) is 11.5 Å². The highest BCUT2D eigenvalue weighted by molar-refractivity contribution is 5.97. The summed E-state index contributed by atoms with van der Waals surface area (Å²) in [5.74, 6) is -0.966. The van der Waals surface area contributed by atoms with E-state index in [0.29, 0.717) is 6.04 Å². The first-order valence-corrected chi connectivity index (χ1v) is 6.16. The predicted octanol–water partition coefficient (Wildman–Crippen LogP) is 0.496. The zero-order valence-corrected chi connectivity index (χ0v) is 10.3. The SMILES string of the molecule is O=C(CCNC(=O)c1ccc(O)cc1O)NC1CC1. The summed E-state index contributed by atoms with van der Waals surface area (Å²) < 4.78 is 0. The van der Waals surface area contributed by atoms with Gasteiger partial charge in [-0.25, -0.2) is 0 Å². The van der Waals surface area contributed by atoms with E-state index in [0.717, 1.165) is 18.9 Å². The Balaban J connectivity index is 1.78. The van der Waals surface area contributed by atoms with Gasteiger partial charge in [0.1, 0.15) is 11.5 Å². The number of nitrogens with one attached hydrogen (secondary N) is 2. The lowest BCUT2D eigenvalue weighted by Gasteiger charge is -2.07. The summed E-state index contributed by atoms with van der Waals surface area (Å²) in [5.41, 5.74) is 0.0698. The van der Waals surface area contributed by atoms with E-state index in [1.54, 1.807) is 0 Å². The quantitative estimate of drug-likeness (QED) is 0.622. The average molecular weight is 264 g/mol. The number of hydrogen-bond acceptors (Lipinski definition) is 4. The molecule has 2 amide bonds.